The van der Waals surface area contributed by atoms with Gasteiger partial charge in [-0.3, -0.25) is 0 Å². The zero-order valence-corrected chi connectivity index (χ0v) is 15.1. The summed E-state index contributed by atoms with van der Waals surface area (Å²) in [5, 5.41) is 0. The molecule has 0 radical (unpaired) electrons. The molecule has 0 saturated carbocycles. The number of esters is 1. The molecule has 0 saturated heterocycles. The van der Waals surface area contributed by atoms with Crippen molar-refractivity contribution >= 4 is 17.9 Å². The summed E-state index contributed by atoms with van der Waals surface area (Å²) >= 11 is 0. The van der Waals surface area contributed by atoms with E-state index in [1.54, 1.807) is 31.2 Å². The number of nitrogens with zero attached hydrogens (tertiary/aromatic N) is 1. The van der Waals surface area contributed by atoms with Crippen LogP contribution in [0.2, 0.25) is 0 Å². The highest BCUT2D eigenvalue weighted by Crippen LogP contribution is 2.31. The number of cyclic esters (lactones) is 1. The molecular weight excluding hydrogens is 372 g/mol. The first-order valence-corrected chi connectivity index (χ1v) is 8.39. The summed E-state index contributed by atoms with van der Waals surface area (Å²) in [6.07, 6.45) is 1.47. The molecule has 0 aliphatic carbocycles. The molecule has 1 aliphatic heterocycles. The topological polar surface area (TPSA) is 66.3 Å². The number of halogens is 2. The zero-order chi connectivity index (χ0) is 20.1. The Hall–Kier alpha value is -3.42. The number of para-hydroxylation sites is 1. The monoisotopic (exact) mass is 389 g/mol. The fraction of sp³-hybridized carbons (Fsp3) is 0.200. The van der Waals surface area contributed by atoms with Crippen LogP contribution in [0, 0.1) is 0 Å². The maximum atomic E-state index is 12.5. The van der Waals surface area contributed by atoms with Gasteiger partial charge in [0, 0.05) is 0 Å². The Morgan fingerprint density at radius 1 is 1.14 bits per heavy atom. The summed E-state index contributed by atoms with van der Waals surface area (Å²) in [5.74, 6) is 0.0502. The molecule has 0 spiro atoms. The average Bonchev–Trinajstić information content (AvgIpc) is 3.04. The van der Waals surface area contributed by atoms with Gasteiger partial charge in [-0.25, -0.2) is 9.79 Å². The third-order valence-corrected chi connectivity index (χ3v) is 3.74. The second-order valence-corrected chi connectivity index (χ2v) is 5.55. The summed E-state index contributed by atoms with van der Waals surface area (Å²) in [6.45, 7) is -0.992. The number of methoxy groups -OCH3 is 1. The van der Waals surface area contributed by atoms with Crippen LogP contribution in [0.4, 0.5) is 8.78 Å². The van der Waals surface area contributed by atoms with Crippen molar-refractivity contribution in [3.63, 3.8) is 0 Å². The molecule has 0 N–H and O–H groups in total. The van der Waals surface area contributed by atoms with E-state index in [1.165, 1.54) is 31.4 Å². The molecular formula is C20H17F2NO5. The SMILES string of the molecule is CCOc1cc(/C=C2/N=C(c3ccccc3OC)OC2=O)ccc1OC(F)F. The maximum absolute atomic E-state index is 12.5. The van der Waals surface area contributed by atoms with Gasteiger partial charge >= 0.3 is 12.6 Å². The van der Waals surface area contributed by atoms with Crippen molar-refractivity contribution in [2.75, 3.05) is 13.7 Å². The molecule has 28 heavy (non-hydrogen) atoms. The van der Waals surface area contributed by atoms with E-state index in [1.807, 2.05) is 0 Å². The predicted octanol–water partition coefficient (Wildman–Crippen LogP) is 4.04. The van der Waals surface area contributed by atoms with Crippen molar-refractivity contribution in [2.45, 2.75) is 13.5 Å². The molecule has 1 heterocycles. The van der Waals surface area contributed by atoms with Crippen LogP contribution in [-0.2, 0) is 9.53 Å². The number of carbonyl (C=O) groups excluding carboxylic acids is 1. The fourth-order valence-electron chi connectivity index (χ4n) is 2.58. The molecule has 0 amide bonds. The predicted molar refractivity (Wildman–Crippen MR) is 97.8 cm³/mol. The molecule has 2 aromatic rings. The largest absolute Gasteiger partial charge is 0.496 e. The first-order chi connectivity index (χ1) is 13.5. The van der Waals surface area contributed by atoms with Gasteiger partial charge in [0.25, 0.3) is 0 Å². The summed E-state index contributed by atoms with van der Waals surface area (Å²) < 4.78 is 45.3. The normalized spacial score (nSPS) is 14.8. The number of benzene rings is 2. The minimum Gasteiger partial charge on any atom is -0.496 e. The third kappa shape index (κ3) is 4.28. The Kier molecular flexibility index (Phi) is 5.88. The van der Waals surface area contributed by atoms with Crippen LogP contribution >= 0.6 is 0 Å². The van der Waals surface area contributed by atoms with Crippen molar-refractivity contribution in [1.82, 2.24) is 0 Å². The molecule has 8 heteroatoms. The van der Waals surface area contributed by atoms with E-state index < -0.39 is 12.6 Å². The summed E-state index contributed by atoms with van der Waals surface area (Å²) in [6, 6.07) is 11.3. The van der Waals surface area contributed by atoms with Crippen LogP contribution in [0.5, 0.6) is 17.2 Å². The molecule has 6 nitrogen and oxygen atoms in total. The quantitative estimate of drug-likeness (QED) is 0.528. The highest BCUT2D eigenvalue weighted by molar-refractivity contribution is 6.13. The minimum atomic E-state index is -2.97. The lowest BCUT2D eigenvalue weighted by atomic mass is 10.1. The van der Waals surface area contributed by atoms with E-state index in [0.717, 1.165) is 0 Å². The summed E-state index contributed by atoms with van der Waals surface area (Å²) in [4.78, 5) is 16.4. The van der Waals surface area contributed by atoms with Gasteiger partial charge in [-0.05, 0) is 42.8 Å². The van der Waals surface area contributed by atoms with Crippen LogP contribution in [0.15, 0.2) is 53.2 Å². The molecule has 0 fully saturated rings. The first kappa shape index (κ1) is 19.3. The number of ether oxygens (including phenoxy) is 4. The molecule has 2 aromatic carbocycles. The lowest BCUT2D eigenvalue weighted by Crippen LogP contribution is -2.07. The first-order valence-electron chi connectivity index (χ1n) is 8.39. The molecule has 0 bridgehead atoms. The van der Waals surface area contributed by atoms with Crippen molar-refractivity contribution in [1.29, 1.82) is 0 Å². The van der Waals surface area contributed by atoms with Crippen molar-refractivity contribution in [2.24, 2.45) is 4.99 Å². The molecule has 0 atom stereocenters. The van der Waals surface area contributed by atoms with Gasteiger partial charge in [-0.1, -0.05) is 18.2 Å². The van der Waals surface area contributed by atoms with Crippen LogP contribution in [0.1, 0.15) is 18.1 Å². The van der Waals surface area contributed by atoms with Gasteiger partial charge < -0.3 is 18.9 Å². The van der Waals surface area contributed by atoms with Gasteiger partial charge in [0.15, 0.2) is 17.2 Å². The summed E-state index contributed by atoms with van der Waals surface area (Å²) in [7, 11) is 1.51. The van der Waals surface area contributed by atoms with Crippen LogP contribution < -0.4 is 14.2 Å². The van der Waals surface area contributed by atoms with Gasteiger partial charge in [0.1, 0.15) is 5.75 Å². The van der Waals surface area contributed by atoms with Gasteiger partial charge in [0.2, 0.25) is 5.90 Å². The third-order valence-electron chi connectivity index (χ3n) is 3.74. The molecule has 0 aromatic heterocycles. The van der Waals surface area contributed by atoms with Gasteiger partial charge in [-0.2, -0.15) is 8.78 Å². The van der Waals surface area contributed by atoms with E-state index in [4.69, 9.17) is 14.2 Å². The van der Waals surface area contributed by atoms with Crippen molar-refractivity contribution in [3.05, 3.63) is 59.3 Å². The van der Waals surface area contributed by atoms with Crippen LogP contribution in [0.25, 0.3) is 6.08 Å². The molecule has 3 rings (SSSR count). The van der Waals surface area contributed by atoms with E-state index in [-0.39, 0.29) is 29.7 Å². The van der Waals surface area contributed by atoms with E-state index in [0.29, 0.717) is 16.9 Å². The number of alkyl halides is 2. The second kappa shape index (κ2) is 8.51. The highest BCUT2D eigenvalue weighted by atomic mass is 19.3. The Bertz CT molecular complexity index is 940. The number of carbonyl (C=O) groups is 1. The zero-order valence-electron chi connectivity index (χ0n) is 15.1. The Morgan fingerprint density at radius 3 is 2.64 bits per heavy atom. The lowest BCUT2D eigenvalue weighted by molar-refractivity contribution is -0.129. The molecule has 146 valence electrons. The number of rotatable bonds is 7. The van der Waals surface area contributed by atoms with E-state index >= 15 is 0 Å². The van der Waals surface area contributed by atoms with Crippen molar-refractivity contribution in [3.8, 4) is 17.2 Å². The smallest absolute Gasteiger partial charge is 0.387 e. The second-order valence-electron chi connectivity index (χ2n) is 5.55. The highest BCUT2D eigenvalue weighted by Gasteiger charge is 2.26. The van der Waals surface area contributed by atoms with Crippen LogP contribution in [0.3, 0.4) is 0 Å². The maximum Gasteiger partial charge on any atom is 0.387 e. The number of aliphatic imine (C=N–C) groups is 1. The lowest BCUT2D eigenvalue weighted by Gasteiger charge is -2.11. The van der Waals surface area contributed by atoms with Gasteiger partial charge in [-0.15, -0.1) is 0 Å². The average molecular weight is 389 g/mol. The van der Waals surface area contributed by atoms with E-state index in [2.05, 4.69) is 9.73 Å². The summed E-state index contributed by atoms with van der Waals surface area (Å²) in [5.41, 5.74) is 1.12. The van der Waals surface area contributed by atoms with Gasteiger partial charge in [0.05, 0.1) is 19.3 Å². The molecule has 1 aliphatic rings. The van der Waals surface area contributed by atoms with Crippen LogP contribution in [-0.4, -0.2) is 32.2 Å². The Morgan fingerprint density at radius 2 is 1.93 bits per heavy atom. The fourth-order valence-corrected chi connectivity index (χ4v) is 2.58. The standard InChI is InChI=1S/C20H17F2NO5/c1-3-26-17-11-12(8-9-16(17)27-20(21)22)10-14-19(24)28-18(23-14)13-6-4-5-7-15(13)25-2/h4-11,20H,3H2,1-2H3/b14-10+. The molecule has 0 unspecified atom stereocenters. The van der Waals surface area contributed by atoms with E-state index in [9.17, 15) is 13.6 Å². The van der Waals surface area contributed by atoms with Crippen molar-refractivity contribution < 1.29 is 32.5 Å². The minimum absolute atomic E-state index is 0.0610. The Labute approximate surface area is 160 Å². The Balaban J connectivity index is 1.93. The number of hydrogen-bond acceptors (Lipinski definition) is 6. The number of hydrogen-bond donors (Lipinski definition) is 0.